The topological polar surface area (TPSA) is 131 Å². The van der Waals surface area contributed by atoms with Gasteiger partial charge in [-0.3, -0.25) is 14.9 Å². The third kappa shape index (κ3) is 6.24. The molecule has 0 saturated heterocycles. The minimum atomic E-state index is -3.96. The lowest BCUT2D eigenvalue weighted by atomic mass is 10.2. The fourth-order valence-electron chi connectivity index (χ4n) is 3.06. The number of ether oxygens (including phenoxy) is 1. The van der Waals surface area contributed by atoms with E-state index in [-0.39, 0.29) is 22.9 Å². The van der Waals surface area contributed by atoms with Gasteiger partial charge in [-0.25, -0.2) is 13.8 Å². The van der Waals surface area contributed by atoms with Crippen molar-refractivity contribution in [3.8, 4) is 5.75 Å². The van der Waals surface area contributed by atoms with Gasteiger partial charge in [0.1, 0.15) is 0 Å². The predicted octanol–water partition coefficient (Wildman–Crippen LogP) is 2.94. The molecule has 0 aliphatic rings. The molecule has 10 nitrogen and oxygen atoms in total. The van der Waals surface area contributed by atoms with Crippen LogP contribution in [0.1, 0.15) is 11.1 Å². The molecule has 3 rings (SSSR count). The smallest absolute Gasteiger partial charge is 0.311 e. The number of hydrogen-bond acceptors (Lipinski definition) is 7. The molecule has 0 saturated carbocycles. The number of sulfonamides is 1. The Kier molecular flexibility index (Phi) is 8.06. The van der Waals surface area contributed by atoms with E-state index in [9.17, 15) is 23.3 Å². The molecule has 0 fully saturated rings. The van der Waals surface area contributed by atoms with Crippen molar-refractivity contribution in [2.45, 2.75) is 11.4 Å². The van der Waals surface area contributed by atoms with Crippen molar-refractivity contribution in [2.24, 2.45) is 5.10 Å². The van der Waals surface area contributed by atoms with Crippen molar-refractivity contribution >= 4 is 27.8 Å². The third-order valence-electron chi connectivity index (χ3n) is 4.71. The van der Waals surface area contributed by atoms with Gasteiger partial charge < -0.3 is 4.74 Å². The van der Waals surface area contributed by atoms with Crippen LogP contribution in [0.25, 0.3) is 0 Å². The van der Waals surface area contributed by atoms with E-state index in [4.69, 9.17) is 4.74 Å². The number of amides is 1. The van der Waals surface area contributed by atoms with Gasteiger partial charge in [-0.1, -0.05) is 48.5 Å². The Balaban J connectivity index is 1.75. The molecule has 0 aliphatic heterocycles. The van der Waals surface area contributed by atoms with Crippen molar-refractivity contribution in [3.05, 3.63) is 100 Å². The number of carbonyl (C=O) groups is 1. The summed E-state index contributed by atoms with van der Waals surface area (Å²) in [6, 6.07) is 20.9. The molecular formula is C23H22N4O6S. The van der Waals surface area contributed by atoms with Crippen LogP contribution in [0.5, 0.6) is 5.75 Å². The molecule has 3 aromatic rings. The van der Waals surface area contributed by atoms with E-state index in [1.807, 2.05) is 6.07 Å². The lowest BCUT2D eigenvalue weighted by Crippen LogP contribution is -2.39. The quantitative estimate of drug-likeness (QED) is 0.269. The van der Waals surface area contributed by atoms with E-state index < -0.39 is 27.4 Å². The second-order valence-corrected chi connectivity index (χ2v) is 8.99. The lowest BCUT2D eigenvalue weighted by molar-refractivity contribution is -0.385. The molecular weight excluding hydrogens is 460 g/mol. The van der Waals surface area contributed by atoms with Gasteiger partial charge in [-0.15, -0.1) is 0 Å². The van der Waals surface area contributed by atoms with Gasteiger partial charge in [-0.05, 0) is 29.8 Å². The van der Waals surface area contributed by atoms with Gasteiger partial charge in [0.15, 0.2) is 5.75 Å². The maximum absolute atomic E-state index is 13.2. The number of hydrogen-bond donors (Lipinski definition) is 1. The average molecular weight is 483 g/mol. The van der Waals surface area contributed by atoms with Gasteiger partial charge in [-0.2, -0.15) is 9.41 Å². The van der Waals surface area contributed by atoms with Crippen LogP contribution in [0, 0.1) is 10.1 Å². The highest BCUT2D eigenvalue weighted by atomic mass is 32.2. The summed E-state index contributed by atoms with van der Waals surface area (Å²) in [7, 11) is -2.64. The standard InChI is InChI=1S/C23H22N4O6S/c1-33-22-13-12-19(14-21(22)27(29)30)15-24-25-23(28)17-26(16-18-8-4-2-5-9-18)34(31,32)20-10-6-3-7-11-20/h2-15H,16-17H2,1H3,(H,25,28)/b24-15-. The molecule has 3 aromatic carbocycles. The van der Waals surface area contributed by atoms with Crippen LogP contribution in [0.15, 0.2) is 88.9 Å². The molecule has 176 valence electrons. The van der Waals surface area contributed by atoms with Gasteiger partial charge >= 0.3 is 5.69 Å². The monoisotopic (exact) mass is 482 g/mol. The number of benzene rings is 3. The molecule has 11 heteroatoms. The SMILES string of the molecule is COc1ccc(/C=N\NC(=O)CN(Cc2ccccc2)S(=O)(=O)c2ccccc2)cc1[N+](=O)[O-]. The zero-order chi connectivity index (χ0) is 24.6. The highest BCUT2D eigenvalue weighted by molar-refractivity contribution is 7.89. The van der Waals surface area contributed by atoms with Crippen molar-refractivity contribution in [2.75, 3.05) is 13.7 Å². The Hall–Kier alpha value is -4.09. The Bertz CT molecular complexity index is 1280. The Morgan fingerprint density at radius 2 is 1.74 bits per heavy atom. The van der Waals surface area contributed by atoms with Gasteiger partial charge in [0.05, 0.1) is 29.7 Å². The molecule has 1 N–H and O–H groups in total. The number of rotatable bonds is 10. The lowest BCUT2D eigenvalue weighted by Gasteiger charge is -2.21. The normalized spacial score (nSPS) is 11.5. The van der Waals surface area contributed by atoms with Crippen LogP contribution in [0.4, 0.5) is 5.69 Å². The highest BCUT2D eigenvalue weighted by Gasteiger charge is 2.26. The minimum absolute atomic E-state index is 0.0140. The van der Waals surface area contributed by atoms with Crippen LogP contribution >= 0.6 is 0 Å². The van der Waals surface area contributed by atoms with Crippen LogP contribution in [0.2, 0.25) is 0 Å². The highest BCUT2D eigenvalue weighted by Crippen LogP contribution is 2.26. The van der Waals surface area contributed by atoms with Crippen LogP contribution in [-0.2, 0) is 21.4 Å². The van der Waals surface area contributed by atoms with E-state index in [2.05, 4.69) is 10.5 Å². The Morgan fingerprint density at radius 1 is 1.09 bits per heavy atom. The van der Waals surface area contributed by atoms with E-state index in [1.54, 1.807) is 42.5 Å². The zero-order valence-electron chi connectivity index (χ0n) is 18.2. The molecule has 0 heterocycles. The summed E-state index contributed by atoms with van der Waals surface area (Å²) in [4.78, 5) is 23.1. The van der Waals surface area contributed by atoms with E-state index in [1.165, 1.54) is 43.7 Å². The first-order valence-corrected chi connectivity index (χ1v) is 11.5. The number of carbonyl (C=O) groups excluding carboxylic acids is 1. The first-order chi connectivity index (χ1) is 16.3. The van der Waals surface area contributed by atoms with Gasteiger partial charge in [0.2, 0.25) is 10.0 Å². The third-order valence-corrected chi connectivity index (χ3v) is 6.51. The molecule has 0 aliphatic carbocycles. The van der Waals surface area contributed by atoms with Gasteiger partial charge in [0.25, 0.3) is 5.91 Å². The first kappa shape index (κ1) is 24.6. The van der Waals surface area contributed by atoms with E-state index in [0.717, 1.165) is 4.31 Å². The summed E-state index contributed by atoms with van der Waals surface area (Å²) in [5, 5.41) is 14.9. The molecule has 0 atom stereocenters. The number of hydrazone groups is 1. The summed E-state index contributed by atoms with van der Waals surface area (Å²) in [6.45, 7) is -0.494. The van der Waals surface area contributed by atoms with Crippen molar-refractivity contribution in [1.82, 2.24) is 9.73 Å². The van der Waals surface area contributed by atoms with Gasteiger partial charge in [0, 0.05) is 18.2 Å². The molecule has 1 amide bonds. The van der Waals surface area contributed by atoms with Crippen molar-refractivity contribution in [3.63, 3.8) is 0 Å². The van der Waals surface area contributed by atoms with Crippen LogP contribution in [0.3, 0.4) is 0 Å². The molecule has 34 heavy (non-hydrogen) atoms. The second-order valence-electron chi connectivity index (χ2n) is 7.05. The van der Waals surface area contributed by atoms with Crippen LogP contribution in [-0.4, -0.2) is 43.4 Å². The number of nitro benzene ring substituents is 1. The fourth-order valence-corrected chi connectivity index (χ4v) is 4.46. The number of nitro groups is 1. The number of nitrogens with one attached hydrogen (secondary N) is 1. The zero-order valence-corrected chi connectivity index (χ0v) is 19.0. The summed E-state index contributed by atoms with van der Waals surface area (Å²) in [5.41, 5.74) is 3.09. The maximum atomic E-state index is 13.2. The molecule has 0 aromatic heterocycles. The average Bonchev–Trinajstić information content (AvgIpc) is 2.84. The molecule has 0 bridgehead atoms. The first-order valence-electron chi connectivity index (χ1n) is 10.0. The summed E-state index contributed by atoms with van der Waals surface area (Å²) >= 11 is 0. The summed E-state index contributed by atoms with van der Waals surface area (Å²) in [6.07, 6.45) is 1.22. The Morgan fingerprint density at radius 3 is 2.35 bits per heavy atom. The van der Waals surface area contributed by atoms with Crippen LogP contribution < -0.4 is 10.2 Å². The van der Waals surface area contributed by atoms with Crippen molar-refractivity contribution in [1.29, 1.82) is 0 Å². The van der Waals surface area contributed by atoms with Crippen molar-refractivity contribution < 1.29 is 22.9 Å². The largest absolute Gasteiger partial charge is 0.490 e. The van der Waals surface area contributed by atoms with E-state index in [0.29, 0.717) is 11.1 Å². The maximum Gasteiger partial charge on any atom is 0.311 e. The molecule has 0 radical (unpaired) electrons. The summed E-state index contributed by atoms with van der Waals surface area (Å²) < 4.78 is 32.3. The Labute approximate surface area is 196 Å². The number of methoxy groups -OCH3 is 1. The number of nitrogens with zero attached hydrogens (tertiary/aromatic N) is 3. The predicted molar refractivity (Wildman–Crippen MR) is 126 cm³/mol. The fraction of sp³-hybridized carbons (Fsp3) is 0.130. The minimum Gasteiger partial charge on any atom is -0.490 e. The summed E-state index contributed by atoms with van der Waals surface area (Å²) in [5.74, 6) is -0.580. The second kappa shape index (κ2) is 11.2. The molecule has 0 spiro atoms. The molecule has 0 unspecified atom stereocenters. The van der Waals surface area contributed by atoms with E-state index >= 15 is 0 Å².